The summed E-state index contributed by atoms with van der Waals surface area (Å²) in [6, 6.07) is 5.62. The van der Waals surface area contributed by atoms with E-state index in [1.807, 2.05) is 0 Å². The number of nitrogens with zero attached hydrogens (tertiary/aromatic N) is 3. The molecule has 0 aliphatic rings. The molecular weight excluding hydrogens is 279 g/mol. The van der Waals surface area contributed by atoms with Gasteiger partial charge in [0.25, 0.3) is 5.91 Å². The highest BCUT2D eigenvalue weighted by Crippen LogP contribution is 2.16. The predicted octanol–water partition coefficient (Wildman–Crippen LogP) is 1.35. The van der Waals surface area contributed by atoms with Crippen LogP contribution in [-0.4, -0.2) is 39.7 Å². The molecule has 1 heterocycles. The molecule has 0 unspecified atom stereocenters. The number of carbonyl (C=O) groups is 1. The minimum absolute atomic E-state index is 0.0653. The quantitative estimate of drug-likeness (QED) is 0.867. The summed E-state index contributed by atoms with van der Waals surface area (Å²) in [7, 11) is 3.28. The fraction of sp³-hybridized carbons (Fsp3) is 0.154. The summed E-state index contributed by atoms with van der Waals surface area (Å²) >= 11 is 4.90. The van der Waals surface area contributed by atoms with Gasteiger partial charge in [-0.3, -0.25) is 4.79 Å². The molecule has 0 atom stereocenters. The fourth-order valence-electron chi connectivity index (χ4n) is 1.71. The summed E-state index contributed by atoms with van der Waals surface area (Å²) in [6.45, 7) is 0. The van der Waals surface area contributed by atoms with E-state index < -0.39 is 5.82 Å². The molecule has 20 heavy (non-hydrogen) atoms. The summed E-state index contributed by atoms with van der Waals surface area (Å²) < 4.78 is 14.7. The van der Waals surface area contributed by atoms with Crippen LogP contribution in [0.25, 0.3) is 5.69 Å². The Hall–Kier alpha value is -2.28. The Morgan fingerprint density at radius 2 is 2.10 bits per heavy atom. The van der Waals surface area contributed by atoms with Crippen LogP contribution in [0.5, 0.6) is 0 Å². The van der Waals surface area contributed by atoms with Gasteiger partial charge in [0.15, 0.2) is 5.69 Å². The van der Waals surface area contributed by atoms with Gasteiger partial charge < -0.3 is 10.6 Å². The number of carbonyl (C=O) groups excluding carboxylic acids is 1. The van der Waals surface area contributed by atoms with Crippen LogP contribution in [0.4, 0.5) is 4.39 Å². The van der Waals surface area contributed by atoms with Gasteiger partial charge >= 0.3 is 0 Å². The molecule has 2 aromatic rings. The Balaban J connectivity index is 2.48. The van der Waals surface area contributed by atoms with Crippen LogP contribution in [0.1, 0.15) is 16.1 Å². The van der Waals surface area contributed by atoms with E-state index in [0.29, 0.717) is 11.3 Å². The van der Waals surface area contributed by atoms with E-state index in [4.69, 9.17) is 18.0 Å². The summed E-state index contributed by atoms with van der Waals surface area (Å²) in [5.74, 6) is -0.656. The third kappa shape index (κ3) is 2.67. The number of hydrogen-bond donors (Lipinski definition) is 1. The zero-order chi connectivity index (χ0) is 14.9. The molecule has 1 aromatic heterocycles. The SMILES string of the molecule is CN(C)C(=O)c1ccn(-c2ccc(F)cc2C(N)=S)n1. The van der Waals surface area contributed by atoms with Crippen molar-refractivity contribution in [3.63, 3.8) is 0 Å². The molecule has 0 aliphatic carbocycles. The molecule has 0 fully saturated rings. The van der Waals surface area contributed by atoms with Crippen molar-refractivity contribution < 1.29 is 9.18 Å². The van der Waals surface area contributed by atoms with Gasteiger partial charge in [0.1, 0.15) is 10.8 Å². The van der Waals surface area contributed by atoms with Gasteiger partial charge in [-0.1, -0.05) is 12.2 Å². The first-order chi connectivity index (χ1) is 9.40. The number of hydrogen-bond acceptors (Lipinski definition) is 3. The average molecular weight is 292 g/mol. The number of rotatable bonds is 3. The largest absolute Gasteiger partial charge is 0.389 e. The van der Waals surface area contributed by atoms with E-state index in [-0.39, 0.29) is 16.6 Å². The minimum Gasteiger partial charge on any atom is -0.389 e. The van der Waals surface area contributed by atoms with Crippen LogP contribution >= 0.6 is 12.2 Å². The van der Waals surface area contributed by atoms with Gasteiger partial charge in [-0.05, 0) is 24.3 Å². The summed E-state index contributed by atoms with van der Waals surface area (Å²) in [6.07, 6.45) is 1.60. The third-order valence-electron chi connectivity index (χ3n) is 2.69. The molecule has 5 nitrogen and oxygen atoms in total. The smallest absolute Gasteiger partial charge is 0.273 e. The minimum atomic E-state index is -0.437. The van der Waals surface area contributed by atoms with E-state index in [9.17, 15) is 9.18 Å². The van der Waals surface area contributed by atoms with Crippen molar-refractivity contribution in [1.82, 2.24) is 14.7 Å². The van der Waals surface area contributed by atoms with Crippen LogP contribution in [0.15, 0.2) is 30.5 Å². The Morgan fingerprint density at radius 1 is 1.40 bits per heavy atom. The van der Waals surface area contributed by atoms with Crippen molar-refractivity contribution in [2.75, 3.05) is 14.1 Å². The van der Waals surface area contributed by atoms with E-state index in [0.717, 1.165) is 0 Å². The van der Waals surface area contributed by atoms with E-state index in [1.54, 1.807) is 26.4 Å². The van der Waals surface area contributed by atoms with Crippen molar-refractivity contribution in [2.45, 2.75) is 0 Å². The van der Waals surface area contributed by atoms with E-state index in [1.165, 1.54) is 27.8 Å². The lowest BCUT2D eigenvalue weighted by atomic mass is 10.1. The molecule has 0 aliphatic heterocycles. The number of amides is 1. The first-order valence-electron chi connectivity index (χ1n) is 5.77. The average Bonchev–Trinajstić information content (AvgIpc) is 2.86. The third-order valence-corrected chi connectivity index (χ3v) is 2.91. The second kappa shape index (κ2) is 5.38. The molecule has 7 heteroatoms. The van der Waals surface area contributed by atoms with Crippen molar-refractivity contribution in [1.29, 1.82) is 0 Å². The molecule has 0 saturated carbocycles. The monoisotopic (exact) mass is 292 g/mol. The van der Waals surface area contributed by atoms with Gasteiger partial charge in [0.05, 0.1) is 5.69 Å². The van der Waals surface area contributed by atoms with E-state index >= 15 is 0 Å². The van der Waals surface area contributed by atoms with Gasteiger partial charge in [-0.2, -0.15) is 5.10 Å². The Bertz CT molecular complexity index is 681. The van der Waals surface area contributed by atoms with Gasteiger partial charge in [-0.25, -0.2) is 9.07 Å². The van der Waals surface area contributed by atoms with Crippen molar-refractivity contribution in [2.24, 2.45) is 5.73 Å². The van der Waals surface area contributed by atoms with Crippen molar-refractivity contribution in [3.05, 3.63) is 47.5 Å². The summed E-state index contributed by atoms with van der Waals surface area (Å²) in [5.41, 5.74) is 6.76. The zero-order valence-electron chi connectivity index (χ0n) is 11.0. The molecule has 1 aromatic carbocycles. The number of nitrogens with two attached hydrogens (primary N) is 1. The first-order valence-corrected chi connectivity index (χ1v) is 6.18. The molecule has 0 saturated heterocycles. The highest BCUT2D eigenvalue weighted by atomic mass is 32.1. The maximum Gasteiger partial charge on any atom is 0.273 e. The van der Waals surface area contributed by atoms with Gasteiger partial charge in [0.2, 0.25) is 0 Å². The highest BCUT2D eigenvalue weighted by molar-refractivity contribution is 7.80. The Morgan fingerprint density at radius 3 is 2.70 bits per heavy atom. The predicted molar refractivity (Wildman–Crippen MR) is 77.4 cm³/mol. The van der Waals surface area contributed by atoms with Crippen LogP contribution in [-0.2, 0) is 0 Å². The topological polar surface area (TPSA) is 64.2 Å². The molecule has 0 bridgehead atoms. The molecule has 1 amide bonds. The molecule has 0 spiro atoms. The van der Waals surface area contributed by atoms with Crippen molar-refractivity contribution in [3.8, 4) is 5.69 Å². The summed E-state index contributed by atoms with van der Waals surface area (Å²) in [4.78, 5) is 13.3. The molecule has 2 rings (SSSR count). The molecular formula is C13H13FN4OS. The van der Waals surface area contributed by atoms with Crippen LogP contribution in [0.3, 0.4) is 0 Å². The standard InChI is InChI=1S/C13H13FN4OS/c1-17(2)13(19)10-5-6-18(16-10)11-4-3-8(14)7-9(11)12(15)20/h3-7H,1-2H3,(H2,15,20). The fourth-order valence-corrected chi connectivity index (χ4v) is 1.87. The Kier molecular flexibility index (Phi) is 3.80. The zero-order valence-corrected chi connectivity index (χ0v) is 11.8. The van der Waals surface area contributed by atoms with E-state index in [2.05, 4.69) is 5.10 Å². The number of aromatic nitrogens is 2. The highest BCUT2D eigenvalue weighted by Gasteiger charge is 2.14. The Labute approximate surface area is 120 Å². The van der Waals surface area contributed by atoms with Crippen LogP contribution in [0.2, 0.25) is 0 Å². The summed E-state index contributed by atoms with van der Waals surface area (Å²) in [5, 5.41) is 4.16. The van der Waals surface area contributed by atoms with Crippen LogP contribution < -0.4 is 5.73 Å². The van der Waals surface area contributed by atoms with Crippen molar-refractivity contribution >= 4 is 23.1 Å². The van der Waals surface area contributed by atoms with Crippen LogP contribution in [0, 0.1) is 5.82 Å². The van der Waals surface area contributed by atoms with Gasteiger partial charge in [-0.15, -0.1) is 0 Å². The number of thiocarbonyl (C=S) groups is 1. The molecule has 2 N–H and O–H groups in total. The maximum atomic E-state index is 13.3. The number of benzene rings is 1. The van der Waals surface area contributed by atoms with Gasteiger partial charge in [0, 0.05) is 25.9 Å². The second-order valence-corrected chi connectivity index (χ2v) is 4.81. The number of halogens is 1. The second-order valence-electron chi connectivity index (χ2n) is 4.37. The lowest BCUT2D eigenvalue weighted by Gasteiger charge is -2.09. The molecule has 0 radical (unpaired) electrons. The maximum absolute atomic E-state index is 13.3. The molecule has 104 valence electrons. The lowest BCUT2D eigenvalue weighted by Crippen LogP contribution is -2.22. The normalized spacial score (nSPS) is 10.3. The first kappa shape index (κ1) is 14.1. The lowest BCUT2D eigenvalue weighted by molar-refractivity contribution is 0.0821.